The van der Waals surface area contributed by atoms with Crippen molar-refractivity contribution in [1.29, 1.82) is 0 Å². The summed E-state index contributed by atoms with van der Waals surface area (Å²) in [5.74, 6) is -1.67. The highest BCUT2D eigenvalue weighted by Gasteiger charge is 2.30. The summed E-state index contributed by atoms with van der Waals surface area (Å²) in [6.07, 6.45) is 2.18. The molecule has 1 atom stereocenters. The zero-order valence-electron chi connectivity index (χ0n) is 8.81. The van der Waals surface area contributed by atoms with Gasteiger partial charge in [-0.1, -0.05) is 0 Å². The summed E-state index contributed by atoms with van der Waals surface area (Å²) in [4.78, 5) is 34.2. The van der Waals surface area contributed by atoms with E-state index in [0.717, 1.165) is 12.8 Å². The Bertz CT molecular complexity index is 305. The molecule has 0 spiro atoms. The number of amides is 3. The van der Waals surface area contributed by atoms with E-state index in [1.807, 2.05) is 0 Å². The van der Waals surface area contributed by atoms with E-state index < -0.39 is 30.5 Å². The maximum Gasteiger partial charge on any atom is 0.323 e. The van der Waals surface area contributed by atoms with Crippen molar-refractivity contribution in [3.8, 4) is 0 Å². The van der Waals surface area contributed by atoms with E-state index in [0.29, 0.717) is 13.0 Å². The Kier molecular flexibility index (Phi) is 4.10. The van der Waals surface area contributed by atoms with Crippen LogP contribution in [-0.4, -0.2) is 47.0 Å². The Morgan fingerprint density at radius 2 is 2.06 bits per heavy atom. The van der Waals surface area contributed by atoms with Crippen LogP contribution in [0.3, 0.4) is 0 Å². The SMILES string of the molecule is NC(=O)C1CCCCN1C(=O)NCC(=O)O. The molecule has 16 heavy (non-hydrogen) atoms. The predicted molar refractivity (Wildman–Crippen MR) is 54.6 cm³/mol. The molecule has 0 aliphatic carbocycles. The number of piperidine rings is 1. The number of nitrogens with two attached hydrogens (primary N) is 1. The van der Waals surface area contributed by atoms with Crippen LogP contribution in [0.2, 0.25) is 0 Å². The molecule has 0 aromatic rings. The first kappa shape index (κ1) is 12.3. The number of hydrogen-bond donors (Lipinski definition) is 3. The zero-order valence-corrected chi connectivity index (χ0v) is 8.81. The van der Waals surface area contributed by atoms with Gasteiger partial charge in [-0.05, 0) is 19.3 Å². The third-order valence-corrected chi connectivity index (χ3v) is 2.48. The molecule has 3 amide bonds. The van der Waals surface area contributed by atoms with Crippen LogP contribution >= 0.6 is 0 Å². The first-order valence-electron chi connectivity index (χ1n) is 5.08. The fraction of sp³-hybridized carbons (Fsp3) is 0.667. The number of carbonyl (C=O) groups excluding carboxylic acids is 2. The summed E-state index contributed by atoms with van der Waals surface area (Å²) < 4.78 is 0. The van der Waals surface area contributed by atoms with Gasteiger partial charge < -0.3 is 21.1 Å². The van der Waals surface area contributed by atoms with Gasteiger partial charge in [0, 0.05) is 6.54 Å². The smallest absolute Gasteiger partial charge is 0.323 e. The molecule has 1 aliphatic heterocycles. The third-order valence-electron chi connectivity index (χ3n) is 2.48. The highest BCUT2D eigenvalue weighted by atomic mass is 16.4. The Labute approximate surface area is 92.6 Å². The average Bonchev–Trinajstić information content (AvgIpc) is 2.25. The van der Waals surface area contributed by atoms with Crippen LogP contribution in [0.25, 0.3) is 0 Å². The molecular formula is C9H15N3O4. The fourth-order valence-electron chi connectivity index (χ4n) is 1.72. The number of hydrogen-bond acceptors (Lipinski definition) is 3. The maximum atomic E-state index is 11.6. The highest BCUT2D eigenvalue weighted by molar-refractivity contribution is 5.87. The van der Waals surface area contributed by atoms with Crippen LogP contribution in [0.15, 0.2) is 0 Å². The minimum atomic E-state index is -1.12. The van der Waals surface area contributed by atoms with Gasteiger partial charge in [0.15, 0.2) is 0 Å². The maximum absolute atomic E-state index is 11.6. The molecule has 0 bridgehead atoms. The van der Waals surface area contributed by atoms with Crippen molar-refractivity contribution in [2.24, 2.45) is 5.73 Å². The normalized spacial score (nSPS) is 20.2. The molecule has 0 saturated carbocycles. The number of aliphatic carboxylic acids is 1. The van der Waals surface area contributed by atoms with Gasteiger partial charge in [0.1, 0.15) is 12.6 Å². The van der Waals surface area contributed by atoms with Gasteiger partial charge in [-0.15, -0.1) is 0 Å². The summed E-state index contributed by atoms with van der Waals surface area (Å²) in [6, 6.07) is -1.17. The molecule has 90 valence electrons. The van der Waals surface area contributed by atoms with Crippen molar-refractivity contribution in [1.82, 2.24) is 10.2 Å². The molecule has 7 nitrogen and oxygen atoms in total. The van der Waals surface area contributed by atoms with Gasteiger partial charge in [0.05, 0.1) is 0 Å². The first-order chi connectivity index (χ1) is 7.52. The van der Waals surface area contributed by atoms with E-state index in [4.69, 9.17) is 10.8 Å². The predicted octanol–water partition coefficient (Wildman–Crippen LogP) is -0.880. The van der Waals surface area contributed by atoms with Gasteiger partial charge in [-0.25, -0.2) is 4.79 Å². The molecule has 1 fully saturated rings. The summed E-state index contributed by atoms with van der Waals surface area (Å²) in [5.41, 5.74) is 5.17. The van der Waals surface area contributed by atoms with E-state index in [-0.39, 0.29) is 0 Å². The lowest BCUT2D eigenvalue weighted by molar-refractivity contribution is -0.135. The quantitative estimate of drug-likeness (QED) is 0.583. The summed E-state index contributed by atoms with van der Waals surface area (Å²) in [6.45, 7) is -0.0279. The Hall–Kier alpha value is -1.79. The largest absolute Gasteiger partial charge is 0.480 e. The van der Waals surface area contributed by atoms with Gasteiger partial charge in [-0.2, -0.15) is 0 Å². The summed E-state index contributed by atoms with van der Waals surface area (Å²) >= 11 is 0. The van der Waals surface area contributed by atoms with Crippen LogP contribution < -0.4 is 11.1 Å². The minimum Gasteiger partial charge on any atom is -0.480 e. The van der Waals surface area contributed by atoms with Crippen molar-refractivity contribution in [2.45, 2.75) is 25.3 Å². The number of likely N-dealkylation sites (tertiary alicyclic amines) is 1. The molecule has 1 saturated heterocycles. The molecule has 4 N–H and O–H groups in total. The van der Waals surface area contributed by atoms with Crippen molar-refractivity contribution < 1.29 is 19.5 Å². The topological polar surface area (TPSA) is 113 Å². The van der Waals surface area contributed by atoms with Crippen molar-refractivity contribution in [3.05, 3.63) is 0 Å². The fourth-order valence-corrected chi connectivity index (χ4v) is 1.72. The number of rotatable bonds is 3. The molecular weight excluding hydrogens is 214 g/mol. The highest BCUT2D eigenvalue weighted by Crippen LogP contribution is 2.16. The van der Waals surface area contributed by atoms with Crippen LogP contribution in [0, 0.1) is 0 Å². The van der Waals surface area contributed by atoms with E-state index in [9.17, 15) is 14.4 Å². The molecule has 1 rings (SSSR count). The summed E-state index contributed by atoms with van der Waals surface area (Å²) in [7, 11) is 0. The molecule has 0 radical (unpaired) electrons. The monoisotopic (exact) mass is 229 g/mol. The third kappa shape index (κ3) is 3.11. The van der Waals surface area contributed by atoms with Gasteiger partial charge in [-0.3, -0.25) is 9.59 Å². The number of carboxylic acids is 1. The van der Waals surface area contributed by atoms with Gasteiger partial charge in [0.25, 0.3) is 0 Å². The number of primary amides is 1. The molecule has 7 heteroatoms. The van der Waals surface area contributed by atoms with Gasteiger partial charge in [0.2, 0.25) is 5.91 Å². The number of nitrogens with zero attached hydrogens (tertiary/aromatic N) is 1. The van der Waals surface area contributed by atoms with Gasteiger partial charge >= 0.3 is 12.0 Å². The minimum absolute atomic E-state index is 0.430. The van der Waals surface area contributed by atoms with Crippen LogP contribution in [-0.2, 0) is 9.59 Å². The van der Waals surface area contributed by atoms with Crippen LogP contribution in [0.4, 0.5) is 4.79 Å². The van der Waals surface area contributed by atoms with Crippen molar-refractivity contribution in [3.63, 3.8) is 0 Å². The zero-order chi connectivity index (χ0) is 12.1. The second kappa shape index (κ2) is 5.34. The molecule has 0 aromatic carbocycles. The van der Waals surface area contributed by atoms with Crippen molar-refractivity contribution in [2.75, 3.05) is 13.1 Å². The Balaban J connectivity index is 2.57. The van der Waals surface area contributed by atoms with Crippen molar-refractivity contribution >= 4 is 17.9 Å². The van der Waals surface area contributed by atoms with E-state index >= 15 is 0 Å². The van der Waals surface area contributed by atoms with Crippen LogP contribution in [0.1, 0.15) is 19.3 Å². The number of carboxylic acid groups (broad SMARTS) is 1. The molecule has 1 aliphatic rings. The molecule has 1 unspecified atom stereocenters. The standard InChI is InChI=1S/C9H15N3O4/c10-8(15)6-3-1-2-4-12(6)9(16)11-5-7(13)14/h6H,1-5H2,(H2,10,15)(H,11,16)(H,13,14). The number of nitrogens with one attached hydrogen (secondary N) is 1. The lowest BCUT2D eigenvalue weighted by Gasteiger charge is -2.33. The lowest BCUT2D eigenvalue weighted by Crippen LogP contribution is -2.54. The van der Waals surface area contributed by atoms with E-state index in [1.54, 1.807) is 0 Å². The lowest BCUT2D eigenvalue weighted by atomic mass is 10.0. The first-order valence-corrected chi connectivity index (χ1v) is 5.08. The second-order valence-corrected chi connectivity index (χ2v) is 3.66. The summed E-state index contributed by atoms with van der Waals surface area (Å²) in [5, 5.41) is 10.6. The van der Waals surface area contributed by atoms with E-state index in [2.05, 4.69) is 5.32 Å². The van der Waals surface area contributed by atoms with Crippen LogP contribution in [0.5, 0.6) is 0 Å². The Morgan fingerprint density at radius 3 is 2.62 bits per heavy atom. The number of urea groups is 1. The van der Waals surface area contributed by atoms with E-state index in [1.165, 1.54) is 4.90 Å². The average molecular weight is 229 g/mol. The Morgan fingerprint density at radius 1 is 1.38 bits per heavy atom. The molecule has 1 heterocycles. The second-order valence-electron chi connectivity index (χ2n) is 3.66. The number of carbonyl (C=O) groups is 3. The molecule has 0 aromatic heterocycles.